The van der Waals surface area contributed by atoms with Gasteiger partial charge in [0.1, 0.15) is 23.0 Å². The van der Waals surface area contributed by atoms with Crippen molar-refractivity contribution in [3.8, 4) is 17.2 Å². The number of Topliss-reactive ketones (excluding diaryl/α,β-unsaturated/α-hetero) is 1. The number of benzene rings is 2. The second-order valence-electron chi connectivity index (χ2n) is 9.40. The van der Waals surface area contributed by atoms with Crippen molar-refractivity contribution < 1.29 is 28.9 Å². The molecule has 2 aromatic rings. The van der Waals surface area contributed by atoms with E-state index in [1.807, 2.05) is 45.8 Å². The third-order valence-electron chi connectivity index (χ3n) is 6.10. The summed E-state index contributed by atoms with van der Waals surface area (Å²) in [7, 11) is 6.98. The first kappa shape index (κ1) is 27.1. The Kier molecular flexibility index (Phi) is 8.63. The van der Waals surface area contributed by atoms with Crippen molar-refractivity contribution >= 4 is 17.4 Å². The Morgan fingerprint density at radius 1 is 1.06 bits per heavy atom. The van der Waals surface area contributed by atoms with E-state index >= 15 is 0 Å². The van der Waals surface area contributed by atoms with Crippen LogP contribution in [0.25, 0.3) is 5.76 Å². The second-order valence-corrected chi connectivity index (χ2v) is 9.40. The number of aliphatic hydroxyl groups is 1. The first-order chi connectivity index (χ1) is 17.1. The molecule has 1 aliphatic heterocycles. The molecule has 1 atom stereocenters. The van der Waals surface area contributed by atoms with Gasteiger partial charge in [-0.15, -0.1) is 0 Å². The van der Waals surface area contributed by atoms with Crippen molar-refractivity contribution in [3.05, 3.63) is 58.7 Å². The highest BCUT2D eigenvalue weighted by Gasteiger charge is 2.47. The highest BCUT2D eigenvalue weighted by Crippen LogP contribution is 2.44. The molecule has 0 aliphatic carbocycles. The molecule has 1 fully saturated rings. The van der Waals surface area contributed by atoms with Crippen LogP contribution >= 0.6 is 0 Å². The van der Waals surface area contributed by atoms with Crippen LogP contribution in [-0.2, 0) is 9.59 Å². The van der Waals surface area contributed by atoms with Crippen molar-refractivity contribution in [2.24, 2.45) is 0 Å². The van der Waals surface area contributed by atoms with E-state index in [9.17, 15) is 14.7 Å². The summed E-state index contributed by atoms with van der Waals surface area (Å²) >= 11 is 0. The molecule has 1 amide bonds. The van der Waals surface area contributed by atoms with E-state index in [2.05, 4.69) is 0 Å². The number of amides is 1. The lowest BCUT2D eigenvalue weighted by Crippen LogP contribution is -2.32. The van der Waals surface area contributed by atoms with E-state index in [-0.39, 0.29) is 17.4 Å². The lowest BCUT2D eigenvalue weighted by molar-refractivity contribution is -0.140. The summed E-state index contributed by atoms with van der Waals surface area (Å²) in [5, 5.41) is 11.5. The first-order valence-electron chi connectivity index (χ1n) is 12.0. The molecule has 1 aliphatic rings. The van der Waals surface area contributed by atoms with Crippen molar-refractivity contribution in [1.82, 2.24) is 9.80 Å². The Morgan fingerprint density at radius 2 is 1.75 bits per heavy atom. The maximum absolute atomic E-state index is 13.4. The van der Waals surface area contributed by atoms with Gasteiger partial charge < -0.3 is 29.1 Å². The Morgan fingerprint density at radius 3 is 2.33 bits per heavy atom. The molecule has 1 heterocycles. The molecule has 36 heavy (non-hydrogen) atoms. The van der Waals surface area contributed by atoms with Crippen molar-refractivity contribution in [1.29, 1.82) is 0 Å². The third-order valence-corrected chi connectivity index (χ3v) is 6.10. The number of methoxy groups -OCH3 is 2. The van der Waals surface area contributed by atoms with Crippen molar-refractivity contribution in [3.63, 3.8) is 0 Å². The normalized spacial score (nSPS) is 17.2. The van der Waals surface area contributed by atoms with Crippen LogP contribution in [0.1, 0.15) is 43.0 Å². The fourth-order valence-corrected chi connectivity index (χ4v) is 4.44. The molecule has 1 N–H and O–H groups in total. The highest BCUT2D eigenvalue weighted by molar-refractivity contribution is 6.46. The van der Waals surface area contributed by atoms with E-state index in [1.165, 1.54) is 12.0 Å². The maximum atomic E-state index is 13.4. The molecule has 0 bridgehead atoms. The average Bonchev–Trinajstić information content (AvgIpc) is 3.07. The molecule has 194 valence electrons. The molecule has 0 aromatic heterocycles. The van der Waals surface area contributed by atoms with Crippen LogP contribution in [0.3, 0.4) is 0 Å². The van der Waals surface area contributed by atoms with E-state index in [1.54, 1.807) is 37.4 Å². The monoisotopic (exact) mass is 496 g/mol. The van der Waals surface area contributed by atoms with Gasteiger partial charge in [0.25, 0.3) is 11.7 Å². The summed E-state index contributed by atoms with van der Waals surface area (Å²) in [5.74, 6) is 0.0949. The first-order valence-corrected chi connectivity index (χ1v) is 12.0. The molecule has 0 saturated carbocycles. The smallest absolute Gasteiger partial charge is 0.295 e. The molecule has 1 saturated heterocycles. The van der Waals surface area contributed by atoms with Gasteiger partial charge in [-0.25, -0.2) is 0 Å². The lowest BCUT2D eigenvalue weighted by Gasteiger charge is -2.27. The van der Waals surface area contributed by atoms with Crippen LogP contribution in [-0.4, -0.2) is 74.1 Å². The zero-order valence-electron chi connectivity index (χ0n) is 22.1. The number of ketones is 1. The van der Waals surface area contributed by atoms with Gasteiger partial charge in [-0.1, -0.05) is 0 Å². The van der Waals surface area contributed by atoms with Gasteiger partial charge in [-0.3, -0.25) is 9.59 Å². The van der Waals surface area contributed by atoms with E-state index in [0.717, 1.165) is 12.1 Å². The number of aliphatic hydroxyl groups excluding tert-OH is 1. The zero-order valence-corrected chi connectivity index (χ0v) is 22.1. The predicted octanol–water partition coefficient (Wildman–Crippen LogP) is 4.17. The van der Waals surface area contributed by atoms with E-state index in [4.69, 9.17) is 14.2 Å². The number of carbonyl (C=O) groups excluding carboxylic acids is 2. The van der Waals surface area contributed by atoms with Crippen LogP contribution in [0.5, 0.6) is 17.2 Å². The van der Waals surface area contributed by atoms with Crippen molar-refractivity contribution in [2.75, 3.05) is 41.4 Å². The summed E-state index contributed by atoms with van der Waals surface area (Å²) in [6.45, 7) is 6.77. The summed E-state index contributed by atoms with van der Waals surface area (Å²) in [6.07, 6.45) is 0.653. The fourth-order valence-electron chi connectivity index (χ4n) is 4.44. The molecule has 0 radical (unpaired) electrons. The number of aryl methyl sites for hydroxylation is 1. The second kappa shape index (κ2) is 11.5. The number of ether oxygens (including phenoxy) is 3. The molecule has 0 spiro atoms. The third kappa shape index (κ3) is 5.65. The van der Waals surface area contributed by atoms with E-state index < -0.39 is 17.7 Å². The molecule has 1 unspecified atom stereocenters. The molecule has 2 aromatic carbocycles. The quantitative estimate of drug-likeness (QED) is 0.300. The van der Waals surface area contributed by atoms with Gasteiger partial charge in [-0.05, 0) is 89.8 Å². The fraction of sp³-hybridized carbons (Fsp3) is 0.429. The van der Waals surface area contributed by atoms with Crippen molar-refractivity contribution in [2.45, 2.75) is 39.3 Å². The van der Waals surface area contributed by atoms with Gasteiger partial charge >= 0.3 is 0 Å². The summed E-state index contributed by atoms with van der Waals surface area (Å²) < 4.78 is 16.8. The number of carbonyl (C=O) groups is 2. The topological polar surface area (TPSA) is 88.5 Å². The summed E-state index contributed by atoms with van der Waals surface area (Å²) in [6, 6.07) is 9.66. The number of nitrogens with zero attached hydrogens (tertiary/aromatic N) is 2. The zero-order chi connectivity index (χ0) is 26.6. The largest absolute Gasteiger partial charge is 0.507 e. The Hall–Kier alpha value is -3.52. The minimum atomic E-state index is -0.830. The Bertz CT molecular complexity index is 1150. The highest BCUT2D eigenvalue weighted by atomic mass is 16.5. The molecule has 8 heteroatoms. The summed E-state index contributed by atoms with van der Waals surface area (Å²) in [4.78, 5) is 30.2. The lowest BCUT2D eigenvalue weighted by atomic mass is 9.93. The van der Waals surface area contributed by atoms with Crippen LogP contribution < -0.4 is 14.2 Å². The average molecular weight is 497 g/mol. The number of rotatable bonds is 10. The van der Waals surface area contributed by atoms with Crippen LogP contribution in [0.15, 0.2) is 42.0 Å². The van der Waals surface area contributed by atoms with Gasteiger partial charge in [-0.2, -0.15) is 0 Å². The standard InChI is InChI=1S/C28H36N2O6/c1-17(2)36-20-9-11-21(18(3)15-20)26(31)24-25(22-16-19(34-6)10-12-23(22)35-7)30(28(33)27(24)32)14-8-13-29(4)5/h9-12,15-17,25,31H,8,13-14H2,1-7H3. The molecule has 3 rings (SSSR count). The van der Waals surface area contributed by atoms with Gasteiger partial charge in [0.2, 0.25) is 0 Å². The van der Waals surface area contributed by atoms with Gasteiger partial charge in [0, 0.05) is 17.7 Å². The van der Waals surface area contributed by atoms with Gasteiger partial charge in [0.05, 0.1) is 31.9 Å². The molecular weight excluding hydrogens is 460 g/mol. The van der Waals surface area contributed by atoms with Gasteiger partial charge in [0.15, 0.2) is 0 Å². The minimum Gasteiger partial charge on any atom is -0.507 e. The number of hydrogen-bond donors (Lipinski definition) is 1. The minimum absolute atomic E-state index is 0.00290. The SMILES string of the molecule is COc1ccc(OC)c(C2C(=C(O)c3ccc(OC(C)C)cc3C)C(=O)C(=O)N2CCCN(C)C)c1. The predicted molar refractivity (Wildman–Crippen MR) is 139 cm³/mol. The van der Waals surface area contributed by atoms with Crippen LogP contribution in [0.2, 0.25) is 0 Å². The van der Waals surface area contributed by atoms with Crippen LogP contribution in [0.4, 0.5) is 0 Å². The molecular formula is C28H36N2O6. The maximum Gasteiger partial charge on any atom is 0.295 e. The Labute approximate surface area is 213 Å². The summed E-state index contributed by atoms with van der Waals surface area (Å²) in [5.41, 5.74) is 1.78. The van der Waals surface area contributed by atoms with E-state index in [0.29, 0.717) is 41.3 Å². The molecule has 8 nitrogen and oxygen atoms in total. The number of hydrogen-bond acceptors (Lipinski definition) is 7. The Balaban J connectivity index is 2.19. The number of likely N-dealkylation sites (tertiary alicyclic amines) is 1. The van der Waals surface area contributed by atoms with Crippen LogP contribution in [0, 0.1) is 6.92 Å².